The van der Waals surface area contributed by atoms with E-state index in [0.717, 1.165) is 16.8 Å². The summed E-state index contributed by atoms with van der Waals surface area (Å²) < 4.78 is 17.7. The van der Waals surface area contributed by atoms with E-state index in [4.69, 9.17) is 14.2 Å². The smallest absolute Gasteiger partial charge is 0.344 e. The first-order valence-electron chi connectivity index (χ1n) is 12.6. The van der Waals surface area contributed by atoms with Crippen molar-refractivity contribution < 1.29 is 23.8 Å². The largest absolute Gasteiger partial charge is 0.482 e. The molecule has 2 heterocycles. The Balaban J connectivity index is 1.74. The first-order valence-corrected chi connectivity index (χ1v) is 13.4. The fourth-order valence-electron chi connectivity index (χ4n) is 4.22. The molecule has 1 aliphatic heterocycles. The molecule has 0 bridgehead atoms. The van der Waals surface area contributed by atoms with Gasteiger partial charge in [0.05, 0.1) is 35.1 Å². The van der Waals surface area contributed by atoms with Gasteiger partial charge in [0, 0.05) is 19.8 Å². The summed E-state index contributed by atoms with van der Waals surface area (Å²) in [6.45, 7) is 5.58. The van der Waals surface area contributed by atoms with Crippen LogP contribution in [0.15, 0.2) is 69.6 Å². The number of carbonyl (C=O) groups is 2. The molecule has 2 aromatic carbocycles. The standard InChI is InChI=1S/C29H31N3O6S/c1-6-36-24(33)17-38-22-14-8-19(9-15-22)16-23-27(34)32-26(20-10-12-21(13-11-20)31(4)5)25(28(35)37-7-2)18(3)30-29(32)39-23/h8-16,26H,6-7,17H2,1-5H3/b23-16-/t26-/m0/s1. The maximum Gasteiger partial charge on any atom is 0.344 e. The van der Waals surface area contributed by atoms with Crippen molar-refractivity contribution in [3.8, 4) is 5.75 Å². The minimum absolute atomic E-state index is 0.177. The molecule has 0 amide bonds. The Labute approximate surface area is 230 Å². The zero-order valence-corrected chi connectivity index (χ0v) is 23.4. The number of ether oxygens (including phenoxy) is 3. The lowest BCUT2D eigenvalue weighted by atomic mass is 9.95. The number of nitrogens with zero attached hydrogens (tertiary/aromatic N) is 3. The van der Waals surface area contributed by atoms with Crippen molar-refractivity contribution in [2.45, 2.75) is 26.8 Å². The zero-order chi connectivity index (χ0) is 28.1. The third-order valence-electron chi connectivity index (χ3n) is 6.08. The van der Waals surface area contributed by atoms with Gasteiger partial charge in [0.15, 0.2) is 11.4 Å². The first kappa shape index (κ1) is 27.8. The molecule has 0 saturated carbocycles. The quantitative estimate of drug-likeness (QED) is 0.379. The normalized spacial score (nSPS) is 14.9. The highest BCUT2D eigenvalue weighted by molar-refractivity contribution is 7.07. The lowest BCUT2D eigenvalue weighted by molar-refractivity contribution is -0.145. The molecule has 0 spiro atoms. The van der Waals surface area contributed by atoms with Crippen molar-refractivity contribution in [3.05, 3.63) is 90.6 Å². The number of thiazole rings is 1. The second-order valence-corrected chi connectivity index (χ2v) is 9.96. The summed E-state index contributed by atoms with van der Waals surface area (Å²) >= 11 is 1.26. The molecular weight excluding hydrogens is 518 g/mol. The van der Waals surface area contributed by atoms with Gasteiger partial charge in [0.1, 0.15) is 5.75 Å². The second kappa shape index (κ2) is 12.1. The monoisotopic (exact) mass is 549 g/mol. The van der Waals surface area contributed by atoms with Crippen LogP contribution in [-0.4, -0.2) is 50.4 Å². The topological polar surface area (TPSA) is 99.4 Å². The van der Waals surface area contributed by atoms with Crippen LogP contribution in [0.25, 0.3) is 6.08 Å². The number of allylic oxidation sites excluding steroid dienone is 1. The van der Waals surface area contributed by atoms with Crippen LogP contribution in [0.2, 0.25) is 0 Å². The van der Waals surface area contributed by atoms with E-state index in [1.165, 1.54) is 11.3 Å². The number of benzene rings is 2. The van der Waals surface area contributed by atoms with E-state index in [2.05, 4.69) is 4.99 Å². The average Bonchev–Trinajstić information content (AvgIpc) is 3.21. The molecule has 0 fully saturated rings. The zero-order valence-electron chi connectivity index (χ0n) is 22.6. The SMILES string of the molecule is CCOC(=O)COc1ccc(/C=c2\sc3n(c2=O)[C@@H](c2ccc(N(C)C)cc2)C(C(=O)OCC)=C(C)N=3)cc1. The Morgan fingerprint density at radius 1 is 1.03 bits per heavy atom. The summed E-state index contributed by atoms with van der Waals surface area (Å²) in [7, 11) is 3.90. The van der Waals surface area contributed by atoms with Crippen LogP contribution in [0, 0.1) is 0 Å². The molecule has 4 rings (SSSR count). The van der Waals surface area contributed by atoms with Crippen molar-refractivity contribution >= 4 is 35.0 Å². The van der Waals surface area contributed by atoms with Crippen molar-refractivity contribution in [1.29, 1.82) is 0 Å². The lowest BCUT2D eigenvalue weighted by Crippen LogP contribution is -2.39. The van der Waals surface area contributed by atoms with Crippen molar-refractivity contribution in [1.82, 2.24) is 4.57 Å². The van der Waals surface area contributed by atoms with Gasteiger partial charge in [-0.1, -0.05) is 35.6 Å². The molecule has 0 N–H and O–H groups in total. The number of hydrogen-bond acceptors (Lipinski definition) is 9. The number of rotatable bonds is 9. The molecule has 0 saturated heterocycles. The van der Waals surface area contributed by atoms with Gasteiger partial charge < -0.3 is 19.1 Å². The van der Waals surface area contributed by atoms with Crippen LogP contribution in [0.4, 0.5) is 5.69 Å². The average molecular weight is 550 g/mol. The highest BCUT2D eigenvalue weighted by Crippen LogP contribution is 2.31. The third-order valence-corrected chi connectivity index (χ3v) is 7.07. The lowest BCUT2D eigenvalue weighted by Gasteiger charge is -2.25. The molecule has 10 heteroatoms. The van der Waals surface area contributed by atoms with E-state index < -0.39 is 18.0 Å². The molecule has 1 aliphatic rings. The number of anilines is 1. The summed E-state index contributed by atoms with van der Waals surface area (Å²) in [5.74, 6) is -0.420. The molecular formula is C29H31N3O6S. The van der Waals surface area contributed by atoms with Gasteiger partial charge in [-0.3, -0.25) is 9.36 Å². The Hall–Kier alpha value is -4.18. The van der Waals surface area contributed by atoms with E-state index in [1.807, 2.05) is 43.3 Å². The highest BCUT2D eigenvalue weighted by Gasteiger charge is 2.33. The van der Waals surface area contributed by atoms with Gasteiger partial charge in [0.25, 0.3) is 5.56 Å². The van der Waals surface area contributed by atoms with Crippen molar-refractivity contribution in [2.75, 3.05) is 38.8 Å². The van der Waals surface area contributed by atoms with Crippen LogP contribution >= 0.6 is 11.3 Å². The van der Waals surface area contributed by atoms with Crippen LogP contribution in [0.5, 0.6) is 5.75 Å². The molecule has 1 aromatic heterocycles. The van der Waals surface area contributed by atoms with Gasteiger partial charge >= 0.3 is 11.9 Å². The van der Waals surface area contributed by atoms with Gasteiger partial charge in [-0.2, -0.15) is 0 Å². The highest BCUT2D eigenvalue weighted by atomic mass is 32.1. The van der Waals surface area contributed by atoms with Gasteiger partial charge in [-0.05, 0) is 62.2 Å². The Morgan fingerprint density at radius 2 is 1.69 bits per heavy atom. The summed E-state index contributed by atoms with van der Waals surface area (Å²) in [4.78, 5) is 45.4. The molecule has 0 aliphatic carbocycles. The molecule has 39 heavy (non-hydrogen) atoms. The Bertz CT molecular complexity index is 1570. The van der Waals surface area contributed by atoms with E-state index in [9.17, 15) is 14.4 Å². The van der Waals surface area contributed by atoms with E-state index in [1.54, 1.807) is 55.7 Å². The first-order chi connectivity index (χ1) is 18.7. The second-order valence-electron chi connectivity index (χ2n) is 8.95. The van der Waals surface area contributed by atoms with E-state index in [0.29, 0.717) is 33.0 Å². The maximum absolute atomic E-state index is 13.7. The minimum Gasteiger partial charge on any atom is -0.482 e. The Kier molecular flexibility index (Phi) is 8.65. The minimum atomic E-state index is -0.669. The summed E-state index contributed by atoms with van der Waals surface area (Å²) in [5.41, 5.74) is 3.17. The fraction of sp³-hybridized carbons (Fsp3) is 0.310. The molecule has 204 valence electrons. The third kappa shape index (κ3) is 6.12. The molecule has 1 atom stereocenters. The Morgan fingerprint density at radius 3 is 2.31 bits per heavy atom. The maximum atomic E-state index is 13.7. The van der Waals surface area contributed by atoms with E-state index in [-0.39, 0.29) is 18.8 Å². The van der Waals surface area contributed by atoms with Crippen LogP contribution in [0.1, 0.15) is 37.9 Å². The summed E-state index contributed by atoms with van der Waals surface area (Å²) in [5, 5.41) is 0. The van der Waals surface area contributed by atoms with Gasteiger partial charge in [-0.25, -0.2) is 14.6 Å². The molecule has 9 nitrogen and oxygen atoms in total. The van der Waals surface area contributed by atoms with Crippen LogP contribution in [-0.2, 0) is 19.1 Å². The summed E-state index contributed by atoms with van der Waals surface area (Å²) in [6, 6.07) is 14.1. The molecule has 3 aromatic rings. The molecule has 0 unspecified atom stereocenters. The number of carbonyl (C=O) groups excluding carboxylic acids is 2. The van der Waals surface area contributed by atoms with Crippen LogP contribution in [0.3, 0.4) is 0 Å². The fourth-order valence-corrected chi connectivity index (χ4v) is 5.26. The predicted octanol–water partition coefficient (Wildman–Crippen LogP) is 2.81. The predicted molar refractivity (Wildman–Crippen MR) is 150 cm³/mol. The van der Waals surface area contributed by atoms with Gasteiger partial charge in [0.2, 0.25) is 0 Å². The number of aromatic nitrogens is 1. The number of fused-ring (bicyclic) bond motifs is 1. The number of hydrogen-bond donors (Lipinski definition) is 0. The van der Waals surface area contributed by atoms with E-state index >= 15 is 0 Å². The number of esters is 2. The van der Waals surface area contributed by atoms with Crippen LogP contribution < -0.4 is 24.5 Å². The van der Waals surface area contributed by atoms with Gasteiger partial charge in [-0.15, -0.1) is 0 Å². The van der Waals surface area contributed by atoms with Crippen molar-refractivity contribution in [2.24, 2.45) is 4.99 Å². The van der Waals surface area contributed by atoms with Crippen molar-refractivity contribution in [3.63, 3.8) is 0 Å². The molecule has 0 radical (unpaired) electrons. The summed E-state index contributed by atoms with van der Waals surface area (Å²) in [6.07, 6.45) is 1.77.